The topological polar surface area (TPSA) is 84.4 Å². The highest BCUT2D eigenvalue weighted by Gasteiger charge is 2.42. The molecule has 1 aliphatic rings. The average Bonchev–Trinajstić information content (AvgIpc) is 3.59. The minimum absolute atomic E-state index is 0.0756. The molecule has 3 aromatic carbocycles. The number of benzene rings is 3. The van der Waals surface area contributed by atoms with Crippen LogP contribution in [-0.4, -0.2) is 15.0 Å². The number of hydrogen-bond donors (Lipinski definition) is 1. The smallest absolute Gasteiger partial charge is 0.269 e. The summed E-state index contributed by atoms with van der Waals surface area (Å²) in [6.45, 7) is 2.07. The van der Waals surface area contributed by atoms with E-state index in [0.717, 1.165) is 36.9 Å². The minimum Gasteiger partial charge on any atom is -0.452 e. The number of nitrogens with zero attached hydrogens (tertiary/aromatic N) is 3. The Bertz CT molecular complexity index is 1680. The molecule has 6 rings (SSSR count). The van der Waals surface area contributed by atoms with Gasteiger partial charge in [-0.25, -0.2) is 0 Å². The van der Waals surface area contributed by atoms with E-state index in [1.807, 2.05) is 54.6 Å². The Morgan fingerprint density at radius 3 is 2.20 bits per heavy atom. The van der Waals surface area contributed by atoms with Crippen molar-refractivity contribution in [3.05, 3.63) is 136 Å². The van der Waals surface area contributed by atoms with E-state index in [1.54, 1.807) is 30.1 Å². The molecule has 1 fully saturated rings. The van der Waals surface area contributed by atoms with Crippen molar-refractivity contribution in [2.24, 2.45) is 0 Å². The summed E-state index contributed by atoms with van der Waals surface area (Å²) in [4.78, 5) is 20.3. The minimum atomic E-state index is -0.395. The monoisotopic (exact) mass is 596 g/mol. The van der Waals surface area contributed by atoms with Crippen LogP contribution in [0.3, 0.4) is 0 Å². The van der Waals surface area contributed by atoms with Crippen molar-refractivity contribution in [1.82, 2.24) is 10.3 Å². The van der Waals surface area contributed by atoms with E-state index >= 15 is 0 Å². The normalized spacial score (nSPS) is 16.5. The number of hydrogen-bond acceptors (Lipinski definition) is 7. The lowest BCUT2D eigenvalue weighted by molar-refractivity contribution is -0.384. The Hall–Kier alpha value is -4.12. The Labute approximate surface area is 251 Å². The van der Waals surface area contributed by atoms with Crippen LogP contribution in [-0.2, 0) is 0 Å². The van der Waals surface area contributed by atoms with Gasteiger partial charge in [0, 0.05) is 38.7 Å². The molecule has 1 N–H and O–H groups in total. The molecule has 0 radical (unpaired) electrons. The van der Waals surface area contributed by atoms with Crippen molar-refractivity contribution in [3.8, 4) is 0 Å². The molecule has 2 aromatic heterocycles. The van der Waals surface area contributed by atoms with Crippen molar-refractivity contribution in [3.63, 3.8) is 0 Å². The first-order valence-electron chi connectivity index (χ1n) is 12.8. The van der Waals surface area contributed by atoms with Gasteiger partial charge in [-0.3, -0.25) is 15.1 Å². The van der Waals surface area contributed by atoms with E-state index in [0.29, 0.717) is 5.11 Å². The predicted octanol–water partition coefficient (Wildman–Crippen LogP) is 8.37. The maximum atomic E-state index is 11.0. The van der Waals surface area contributed by atoms with Crippen LogP contribution in [0.15, 0.2) is 134 Å². The van der Waals surface area contributed by atoms with E-state index < -0.39 is 4.92 Å². The molecule has 7 nitrogen and oxygen atoms in total. The molecule has 41 heavy (non-hydrogen) atoms. The van der Waals surface area contributed by atoms with Gasteiger partial charge in [0.2, 0.25) is 0 Å². The molecule has 5 aromatic rings. The van der Waals surface area contributed by atoms with Gasteiger partial charge in [0.15, 0.2) is 10.2 Å². The molecule has 0 bridgehead atoms. The largest absolute Gasteiger partial charge is 0.452 e. The molecule has 2 atom stereocenters. The first kappa shape index (κ1) is 27.1. The van der Waals surface area contributed by atoms with Gasteiger partial charge < -0.3 is 14.6 Å². The van der Waals surface area contributed by atoms with Crippen LogP contribution in [0.2, 0.25) is 0 Å². The van der Waals surface area contributed by atoms with Crippen LogP contribution in [0.25, 0.3) is 0 Å². The van der Waals surface area contributed by atoms with Gasteiger partial charge in [-0.1, -0.05) is 47.3 Å². The van der Waals surface area contributed by atoms with Gasteiger partial charge in [0.1, 0.15) is 11.8 Å². The standard InChI is InChI=1S/C31H24N4O3S3/c1-20-5-11-25(12-6-20)41-28-18-17-27(38-28)30-29(26-4-2-3-19-32-26)33-31(39)34(30)21-7-13-23(14-8-21)40-24-15-9-22(10-16-24)35(36)37/h2-19,29-30H,1H3,(H,33,39)/t29-,30-/m0/s1. The van der Waals surface area contributed by atoms with Gasteiger partial charge in [0.05, 0.1) is 16.7 Å². The third kappa shape index (κ3) is 6.00. The number of pyridine rings is 1. The number of nitro groups is 1. The molecule has 3 heterocycles. The predicted molar refractivity (Wildman–Crippen MR) is 166 cm³/mol. The third-order valence-corrected chi connectivity index (χ3v) is 8.89. The number of furan rings is 1. The summed E-state index contributed by atoms with van der Waals surface area (Å²) in [5.41, 5.74) is 3.08. The molecule has 0 spiro atoms. The molecule has 10 heteroatoms. The zero-order valence-electron chi connectivity index (χ0n) is 21.8. The second-order valence-electron chi connectivity index (χ2n) is 9.42. The number of anilines is 1. The molecule has 0 saturated carbocycles. The summed E-state index contributed by atoms with van der Waals surface area (Å²) >= 11 is 8.97. The Balaban J connectivity index is 1.28. The third-order valence-electron chi connectivity index (χ3n) is 6.63. The summed E-state index contributed by atoms with van der Waals surface area (Å²) in [5.74, 6) is 0.784. The van der Waals surface area contributed by atoms with Crippen molar-refractivity contribution < 1.29 is 9.34 Å². The van der Waals surface area contributed by atoms with Gasteiger partial charge in [-0.05, 0) is 91.9 Å². The van der Waals surface area contributed by atoms with E-state index in [9.17, 15) is 10.1 Å². The highest BCUT2D eigenvalue weighted by Crippen LogP contribution is 2.44. The molecular weight excluding hydrogens is 573 g/mol. The lowest BCUT2D eigenvalue weighted by Gasteiger charge is -2.26. The van der Waals surface area contributed by atoms with Crippen LogP contribution in [0.1, 0.15) is 29.1 Å². The number of thiocarbonyl (C=S) groups is 1. The molecule has 0 unspecified atom stereocenters. The fraction of sp³-hybridized carbons (Fsp3) is 0.0968. The van der Waals surface area contributed by atoms with Gasteiger partial charge in [0.25, 0.3) is 5.69 Å². The molecule has 1 saturated heterocycles. The number of aryl methyl sites for hydroxylation is 1. The number of rotatable bonds is 8. The number of non-ortho nitro benzene ring substituents is 1. The maximum Gasteiger partial charge on any atom is 0.269 e. The molecule has 1 aliphatic heterocycles. The van der Waals surface area contributed by atoms with Crippen LogP contribution >= 0.6 is 35.7 Å². The Kier molecular flexibility index (Phi) is 7.78. The summed E-state index contributed by atoms with van der Waals surface area (Å²) in [5, 5.41) is 15.8. The summed E-state index contributed by atoms with van der Waals surface area (Å²) in [6.07, 6.45) is 1.78. The molecule has 0 aliphatic carbocycles. The molecular formula is C31H24N4O3S3. The molecule has 0 amide bonds. The highest BCUT2D eigenvalue weighted by atomic mass is 32.2. The summed E-state index contributed by atoms with van der Waals surface area (Å²) < 4.78 is 6.42. The van der Waals surface area contributed by atoms with Crippen LogP contribution in [0.5, 0.6) is 0 Å². The lowest BCUT2D eigenvalue weighted by atomic mass is 10.0. The van der Waals surface area contributed by atoms with Gasteiger partial charge in [-0.2, -0.15) is 0 Å². The summed E-state index contributed by atoms with van der Waals surface area (Å²) in [7, 11) is 0. The Morgan fingerprint density at radius 1 is 0.878 bits per heavy atom. The van der Waals surface area contributed by atoms with E-state index in [-0.39, 0.29) is 17.8 Å². The Morgan fingerprint density at radius 2 is 1.54 bits per heavy atom. The quantitative estimate of drug-likeness (QED) is 0.108. The molecule has 204 valence electrons. The van der Waals surface area contributed by atoms with E-state index in [4.69, 9.17) is 16.6 Å². The number of nitrogens with one attached hydrogen (secondary N) is 1. The fourth-order valence-corrected chi connectivity index (χ4v) is 6.58. The second kappa shape index (κ2) is 11.8. The van der Waals surface area contributed by atoms with Crippen molar-refractivity contribution in [1.29, 1.82) is 0 Å². The van der Waals surface area contributed by atoms with Crippen LogP contribution in [0.4, 0.5) is 11.4 Å². The highest BCUT2D eigenvalue weighted by molar-refractivity contribution is 7.99. The van der Waals surface area contributed by atoms with Crippen molar-refractivity contribution in [2.75, 3.05) is 4.90 Å². The van der Waals surface area contributed by atoms with Crippen LogP contribution < -0.4 is 10.2 Å². The number of aromatic nitrogens is 1. The van der Waals surface area contributed by atoms with Gasteiger partial charge >= 0.3 is 0 Å². The SMILES string of the molecule is Cc1ccc(Sc2ccc([C@H]3[C@H](c4ccccn4)NC(=S)N3c3ccc(Sc4ccc([N+](=O)[O-])cc4)cc3)o2)cc1. The lowest BCUT2D eigenvalue weighted by Crippen LogP contribution is -2.29. The second-order valence-corrected chi connectivity index (χ2v) is 12.0. The maximum absolute atomic E-state index is 11.0. The number of nitro benzene ring substituents is 1. The van der Waals surface area contributed by atoms with Crippen LogP contribution in [0, 0.1) is 17.0 Å². The average molecular weight is 597 g/mol. The first-order chi connectivity index (χ1) is 19.9. The van der Waals surface area contributed by atoms with Crippen molar-refractivity contribution >= 4 is 52.2 Å². The van der Waals surface area contributed by atoms with E-state index in [1.165, 1.54) is 29.5 Å². The fourth-order valence-electron chi connectivity index (χ4n) is 4.64. The zero-order chi connectivity index (χ0) is 28.3. The van der Waals surface area contributed by atoms with Crippen molar-refractivity contribution in [2.45, 2.75) is 38.8 Å². The first-order valence-corrected chi connectivity index (χ1v) is 14.9. The zero-order valence-corrected chi connectivity index (χ0v) is 24.3. The van der Waals surface area contributed by atoms with Gasteiger partial charge in [-0.15, -0.1) is 0 Å². The van der Waals surface area contributed by atoms with E-state index in [2.05, 4.69) is 46.4 Å². The summed E-state index contributed by atoms with van der Waals surface area (Å²) in [6, 6.07) is 32.4.